The number of carbonyl (C=O) groups is 1. The Morgan fingerprint density at radius 3 is 2.75 bits per heavy atom. The van der Waals surface area contributed by atoms with Crippen molar-refractivity contribution in [2.45, 2.75) is 46.1 Å². The van der Waals surface area contributed by atoms with Gasteiger partial charge >= 0.3 is 0 Å². The monoisotopic (exact) mass is 275 g/mol. The zero-order chi connectivity index (χ0) is 14.4. The SMILES string of the molecule is CCN(Cc1ccoc1)C(=O)/C=C/C1CCC(C)CC1. The predicted octanol–water partition coefficient (Wildman–Crippen LogP) is 4.01. The lowest BCUT2D eigenvalue weighted by molar-refractivity contribution is -0.126. The molecule has 1 amide bonds. The number of hydrogen-bond acceptors (Lipinski definition) is 2. The second-order valence-electron chi connectivity index (χ2n) is 5.86. The van der Waals surface area contributed by atoms with Gasteiger partial charge in [-0.15, -0.1) is 0 Å². The minimum atomic E-state index is 0.104. The van der Waals surface area contributed by atoms with Gasteiger partial charge < -0.3 is 9.32 Å². The van der Waals surface area contributed by atoms with Crippen molar-refractivity contribution < 1.29 is 9.21 Å². The van der Waals surface area contributed by atoms with Gasteiger partial charge in [0, 0.05) is 18.7 Å². The first-order valence-corrected chi connectivity index (χ1v) is 7.67. The van der Waals surface area contributed by atoms with E-state index in [1.165, 1.54) is 25.7 Å². The fourth-order valence-electron chi connectivity index (χ4n) is 2.75. The van der Waals surface area contributed by atoms with Gasteiger partial charge in [0.25, 0.3) is 0 Å². The Morgan fingerprint density at radius 2 is 2.15 bits per heavy atom. The zero-order valence-corrected chi connectivity index (χ0v) is 12.5. The van der Waals surface area contributed by atoms with Crippen molar-refractivity contribution in [2.75, 3.05) is 6.54 Å². The highest BCUT2D eigenvalue weighted by Crippen LogP contribution is 2.28. The van der Waals surface area contributed by atoms with E-state index in [9.17, 15) is 4.79 Å². The van der Waals surface area contributed by atoms with Gasteiger partial charge in [-0.1, -0.05) is 25.8 Å². The number of likely N-dealkylation sites (N-methyl/N-ethyl adjacent to an activating group) is 1. The van der Waals surface area contributed by atoms with Gasteiger partial charge in [-0.2, -0.15) is 0 Å². The molecule has 0 spiro atoms. The van der Waals surface area contributed by atoms with E-state index in [0.29, 0.717) is 12.5 Å². The number of rotatable bonds is 5. The van der Waals surface area contributed by atoms with Crippen molar-refractivity contribution in [3.63, 3.8) is 0 Å². The van der Waals surface area contributed by atoms with Crippen LogP contribution in [0.3, 0.4) is 0 Å². The summed E-state index contributed by atoms with van der Waals surface area (Å²) in [4.78, 5) is 14.1. The largest absolute Gasteiger partial charge is 0.472 e. The van der Waals surface area contributed by atoms with Gasteiger partial charge in [0.05, 0.1) is 12.5 Å². The standard InChI is InChI=1S/C17H25NO2/c1-3-18(12-16-10-11-20-13-16)17(19)9-8-15-6-4-14(2)5-7-15/h8-11,13-15H,3-7,12H2,1-2H3/b9-8+. The molecule has 20 heavy (non-hydrogen) atoms. The van der Waals surface area contributed by atoms with Crippen LogP contribution in [0.4, 0.5) is 0 Å². The van der Waals surface area contributed by atoms with E-state index in [0.717, 1.165) is 18.0 Å². The maximum Gasteiger partial charge on any atom is 0.246 e. The highest BCUT2D eigenvalue weighted by molar-refractivity contribution is 5.87. The smallest absolute Gasteiger partial charge is 0.246 e. The fraction of sp³-hybridized carbons (Fsp3) is 0.588. The average molecular weight is 275 g/mol. The van der Waals surface area contributed by atoms with E-state index >= 15 is 0 Å². The summed E-state index contributed by atoms with van der Waals surface area (Å²) in [5, 5.41) is 0. The van der Waals surface area contributed by atoms with Crippen LogP contribution in [0.1, 0.15) is 45.1 Å². The first-order chi connectivity index (χ1) is 9.69. The van der Waals surface area contributed by atoms with Crippen LogP contribution in [0.5, 0.6) is 0 Å². The van der Waals surface area contributed by atoms with E-state index in [-0.39, 0.29) is 5.91 Å². The quantitative estimate of drug-likeness (QED) is 0.761. The van der Waals surface area contributed by atoms with E-state index in [4.69, 9.17) is 4.42 Å². The Balaban J connectivity index is 1.85. The van der Waals surface area contributed by atoms with Crippen LogP contribution in [-0.2, 0) is 11.3 Å². The van der Waals surface area contributed by atoms with Crippen LogP contribution >= 0.6 is 0 Å². The molecule has 0 N–H and O–H groups in total. The maximum absolute atomic E-state index is 12.2. The van der Waals surface area contributed by atoms with E-state index in [1.807, 2.05) is 17.9 Å². The molecule has 1 aliphatic rings. The lowest BCUT2D eigenvalue weighted by Crippen LogP contribution is -2.28. The Kier molecular flexibility index (Phi) is 5.45. The minimum Gasteiger partial charge on any atom is -0.472 e. The molecule has 1 fully saturated rings. The molecule has 1 aliphatic carbocycles. The summed E-state index contributed by atoms with van der Waals surface area (Å²) in [6, 6.07) is 1.90. The van der Waals surface area contributed by atoms with Gasteiger partial charge in [0.2, 0.25) is 5.91 Å². The van der Waals surface area contributed by atoms with Crippen molar-refractivity contribution in [1.29, 1.82) is 0 Å². The second kappa shape index (κ2) is 7.32. The van der Waals surface area contributed by atoms with E-state index in [2.05, 4.69) is 13.0 Å². The van der Waals surface area contributed by atoms with Crippen molar-refractivity contribution in [3.05, 3.63) is 36.3 Å². The summed E-state index contributed by atoms with van der Waals surface area (Å²) in [5.41, 5.74) is 1.04. The van der Waals surface area contributed by atoms with Crippen LogP contribution in [0.2, 0.25) is 0 Å². The molecule has 0 unspecified atom stereocenters. The van der Waals surface area contributed by atoms with Crippen LogP contribution in [-0.4, -0.2) is 17.4 Å². The van der Waals surface area contributed by atoms with E-state index < -0.39 is 0 Å². The Bertz CT molecular complexity index is 428. The predicted molar refractivity (Wildman–Crippen MR) is 80.1 cm³/mol. The lowest BCUT2D eigenvalue weighted by Gasteiger charge is -2.24. The molecule has 0 saturated heterocycles. The molecule has 3 heteroatoms. The van der Waals surface area contributed by atoms with Crippen molar-refractivity contribution in [2.24, 2.45) is 11.8 Å². The minimum absolute atomic E-state index is 0.104. The number of allylic oxidation sites excluding steroid dienone is 1. The molecule has 0 bridgehead atoms. The summed E-state index contributed by atoms with van der Waals surface area (Å²) in [7, 11) is 0. The summed E-state index contributed by atoms with van der Waals surface area (Å²) < 4.78 is 5.05. The Morgan fingerprint density at radius 1 is 1.40 bits per heavy atom. The summed E-state index contributed by atoms with van der Waals surface area (Å²) >= 11 is 0. The molecular formula is C17H25NO2. The van der Waals surface area contributed by atoms with Gasteiger partial charge in [-0.3, -0.25) is 4.79 Å². The number of furan rings is 1. The van der Waals surface area contributed by atoms with Crippen LogP contribution in [0.25, 0.3) is 0 Å². The molecule has 1 aromatic heterocycles. The highest BCUT2D eigenvalue weighted by Gasteiger charge is 2.16. The fourth-order valence-corrected chi connectivity index (χ4v) is 2.75. The molecule has 2 rings (SSSR count). The number of amides is 1. The molecule has 0 atom stereocenters. The first-order valence-electron chi connectivity index (χ1n) is 7.67. The normalized spacial score (nSPS) is 23.1. The van der Waals surface area contributed by atoms with Gasteiger partial charge in [-0.05, 0) is 43.7 Å². The molecule has 3 nitrogen and oxygen atoms in total. The topological polar surface area (TPSA) is 33.5 Å². The molecule has 1 aromatic rings. The zero-order valence-electron chi connectivity index (χ0n) is 12.5. The molecular weight excluding hydrogens is 250 g/mol. The molecule has 1 saturated carbocycles. The van der Waals surface area contributed by atoms with Crippen molar-refractivity contribution in [1.82, 2.24) is 4.90 Å². The summed E-state index contributed by atoms with van der Waals surface area (Å²) in [6.45, 7) is 5.66. The molecule has 1 heterocycles. The van der Waals surface area contributed by atoms with Crippen LogP contribution in [0.15, 0.2) is 35.2 Å². The number of nitrogens with zero attached hydrogens (tertiary/aromatic N) is 1. The maximum atomic E-state index is 12.2. The molecule has 0 aliphatic heterocycles. The highest BCUT2D eigenvalue weighted by atomic mass is 16.3. The first kappa shape index (κ1) is 14.9. The molecule has 0 aromatic carbocycles. The third-order valence-corrected chi connectivity index (χ3v) is 4.22. The molecule has 110 valence electrons. The average Bonchev–Trinajstić information content (AvgIpc) is 2.97. The third-order valence-electron chi connectivity index (χ3n) is 4.22. The number of carbonyl (C=O) groups excluding carboxylic acids is 1. The van der Waals surface area contributed by atoms with E-state index in [1.54, 1.807) is 18.6 Å². The summed E-state index contributed by atoms with van der Waals surface area (Å²) in [6.07, 6.45) is 12.2. The number of hydrogen-bond donors (Lipinski definition) is 0. The van der Waals surface area contributed by atoms with Gasteiger partial charge in [0.15, 0.2) is 0 Å². The Hall–Kier alpha value is -1.51. The molecule has 0 radical (unpaired) electrons. The lowest BCUT2D eigenvalue weighted by atomic mass is 9.83. The van der Waals surface area contributed by atoms with Gasteiger partial charge in [-0.25, -0.2) is 0 Å². The van der Waals surface area contributed by atoms with Crippen molar-refractivity contribution >= 4 is 5.91 Å². The van der Waals surface area contributed by atoms with Crippen LogP contribution < -0.4 is 0 Å². The second-order valence-corrected chi connectivity index (χ2v) is 5.86. The third kappa shape index (κ3) is 4.26. The summed E-state index contributed by atoms with van der Waals surface area (Å²) in [5.74, 6) is 1.54. The van der Waals surface area contributed by atoms with Crippen molar-refractivity contribution in [3.8, 4) is 0 Å². The van der Waals surface area contributed by atoms with Crippen LogP contribution in [0, 0.1) is 11.8 Å². The van der Waals surface area contributed by atoms with Gasteiger partial charge in [0.1, 0.15) is 0 Å². The Labute approximate surface area is 121 Å².